The van der Waals surface area contributed by atoms with E-state index in [9.17, 15) is 9.59 Å². The fourth-order valence-electron chi connectivity index (χ4n) is 4.28. The molecule has 0 aliphatic heterocycles. The number of hydrogen-bond acceptors (Lipinski definition) is 4. The second kappa shape index (κ2) is 8.67. The quantitative estimate of drug-likeness (QED) is 0.395. The van der Waals surface area contributed by atoms with Gasteiger partial charge in [-0.25, -0.2) is 4.98 Å². The summed E-state index contributed by atoms with van der Waals surface area (Å²) in [6, 6.07) is 18.3. The zero-order chi connectivity index (χ0) is 22.9. The Labute approximate surface area is 194 Å². The van der Waals surface area contributed by atoms with Crippen LogP contribution in [0.15, 0.2) is 71.9 Å². The zero-order valence-corrected chi connectivity index (χ0v) is 19.3. The smallest absolute Gasteiger partial charge is 0.262 e. The number of carbonyl (C=O) groups is 1. The Kier molecular flexibility index (Phi) is 5.56. The molecule has 1 atom stereocenters. The van der Waals surface area contributed by atoms with Gasteiger partial charge in [-0.2, -0.15) is 0 Å². The molecule has 0 fully saturated rings. The maximum absolute atomic E-state index is 12.9. The maximum Gasteiger partial charge on any atom is 0.262 e. The molecule has 7 heteroatoms. The Hall–Kier alpha value is -3.71. The number of hydrogen-bond donors (Lipinski definition) is 2. The number of para-hydroxylation sites is 1. The molecule has 0 saturated heterocycles. The van der Waals surface area contributed by atoms with Gasteiger partial charge >= 0.3 is 0 Å². The second-order valence-corrected chi connectivity index (χ2v) is 9.40. The van der Waals surface area contributed by atoms with E-state index in [0.29, 0.717) is 11.9 Å². The number of H-pyrrole nitrogens is 1. The molecule has 0 unspecified atom stereocenters. The van der Waals surface area contributed by atoms with Gasteiger partial charge in [0.25, 0.3) is 5.56 Å². The summed E-state index contributed by atoms with van der Waals surface area (Å²) in [5.41, 5.74) is 4.07. The van der Waals surface area contributed by atoms with Crippen molar-refractivity contribution in [3.8, 4) is 0 Å². The van der Waals surface area contributed by atoms with Crippen LogP contribution in [0.25, 0.3) is 21.1 Å². The molecular weight excluding hydrogens is 432 g/mol. The van der Waals surface area contributed by atoms with Gasteiger partial charge in [0.15, 0.2) is 0 Å². The summed E-state index contributed by atoms with van der Waals surface area (Å²) in [7, 11) is 0. The van der Waals surface area contributed by atoms with Crippen molar-refractivity contribution in [2.75, 3.05) is 6.54 Å². The van der Waals surface area contributed by atoms with Crippen LogP contribution in [0.2, 0.25) is 0 Å². The lowest BCUT2D eigenvalue weighted by Crippen LogP contribution is -2.35. The number of aromatic amines is 1. The van der Waals surface area contributed by atoms with Crippen molar-refractivity contribution in [1.82, 2.24) is 19.9 Å². The molecule has 0 aliphatic rings. The highest BCUT2D eigenvalue weighted by atomic mass is 32.1. The molecule has 0 radical (unpaired) electrons. The molecule has 6 nitrogen and oxygen atoms in total. The van der Waals surface area contributed by atoms with Gasteiger partial charge in [0.2, 0.25) is 5.91 Å². The first-order chi connectivity index (χ1) is 16.0. The minimum atomic E-state index is -0.219. The van der Waals surface area contributed by atoms with E-state index in [1.54, 1.807) is 0 Å². The van der Waals surface area contributed by atoms with Crippen LogP contribution in [-0.4, -0.2) is 27.0 Å². The van der Waals surface area contributed by atoms with Crippen LogP contribution in [0.4, 0.5) is 0 Å². The van der Waals surface area contributed by atoms with Crippen molar-refractivity contribution in [1.29, 1.82) is 0 Å². The number of thiophene rings is 1. The second-order valence-electron chi connectivity index (χ2n) is 8.20. The lowest BCUT2D eigenvalue weighted by Gasteiger charge is -2.18. The Balaban J connectivity index is 1.39. The SMILES string of the molecule is Cc1sc2ncn(CC(=O)NC[C@@H](c3ccccc3)c3c[nH]c4ccccc34)c(=O)c2c1C. The summed E-state index contributed by atoms with van der Waals surface area (Å²) in [5, 5.41) is 4.78. The lowest BCUT2D eigenvalue weighted by atomic mass is 9.91. The zero-order valence-electron chi connectivity index (χ0n) is 18.5. The number of benzene rings is 2. The standard InChI is InChI=1S/C26H24N4O2S/c1-16-17(2)33-25-24(16)26(32)30(15-29-25)14-23(31)28-12-20(18-8-4-3-5-9-18)21-13-27-22-11-7-6-10-19(21)22/h3-11,13,15,20,27H,12,14H2,1-2H3,(H,28,31)/t20-/m0/s1. The highest BCUT2D eigenvalue weighted by Gasteiger charge is 2.20. The van der Waals surface area contributed by atoms with Gasteiger partial charge in [0, 0.05) is 34.4 Å². The van der Waals surface area contributed by atoms with Gasteiger partial charge in [-0.3, -0.25) is 14.2 Å². The summed E-state index contributed by atoms with van der Waals surface area (Å²) in [4.78, 5) is 35.3. The highest BCUT2D eigenvalue weighted by molar-refractivity contribution is 7.18. The van der Waals surface area contributed by atoms with Gasteiger partial charge in [0.1, 0.15) is 11.4 Å². The molecule has 3 heterocycles. The van der Waals surface area contributed by atoms with E-state index in [-0.39, 0.29) is 23.9 Å². The van der Waals surface area contributed by atoms with E-state index in [4.69, 9.17) is 0 Å². The third kappa shape index (κ3) is 3.96. The number of nitrogens with zero attached hydrogens (tertiary/aromatic N) is 2. The van der Waals surface area contributed by atoms with Crippen LogP contribution >= 0.6 is 11.3 Å². The van der Waals surface area contributed by atoms with Crippen LogP contribution in [0.5, 0.6) is 0 Å². The number of rotatable bonds is 6. The van der Waals surface area contributed by atoms with Crippen molar-refractivity contribution >= 4 is 38.4 Å². The van der Waals surface area contributed by atoms with Crippen molar-refractivity contribution in [3.05, 3.63) is 99.0 Å². The fraction of sp³-hybridized carbons (Fsp3) is 0.192. The lowest BCUT2D eigenvalue weighted by molar-refractivity contribution is -0.121. The molecule has 2 N–H and O–H groups in total. The maximum atomic E-state index is 12.9. The molecule has 0 saturated carbocycles. The summed E-state index contributed by atoms with van der Waals surface area (Å²) in [5.74, 6) is -0.242. The van der Waals surface area contributed by atoms with Gasteiger partial charge in [-0.15, -0.1) is 11.3 Å². The molecular formula is C26H24N4O2S. The summed E-state index contributed by atoms with van der Waals surface area (Å²) in [6.45, 7) is 4.26. The third-order valence-electron chi connectivity index (χ3n) is 6.17. The largest absolute Gasteiger partial charge is 0.361 e. The first kappa shape index (κ1) is 21.2. The normalized spacial score (nSPS) is 12.3. The number of fused-ring (bicyclic) bond motifs is 2. The molecule has 5 aromatic rings. The number of nitrogens with one attached hydrogen (secondary N) is 2. The van der Waals surface area contributed by atoms with E-state index in [2.05, 4.69) is 33.5 Å². The number of aryl methyl sites for hydroxylation is 2. The van der Waals surface area contributed by atoms with Crippen molar-refractivity contribution in [2.24, 2.45) is 0 Å². The predicted molar refractivity (Wildman–Crippen MR) is 133 cm³/mol. The van der Waals surface area contributed by atoms with Crippen LogP contribution in [0, 0.1) is 13.8 Å². The number of amides is 1. The number of carbonyl (C=O) groups excluding carboxylic acids is 1. The fourth-order valence-corrected chi connectivity index (χ4v) is 5.27. The highest BCUT2D eigenvalue weighted by Crippen LogP contribution is 2.30. The summed E-state index contributed by atoms with van der Waals surface area (Å²) >= 11 is 1.50. The Morgan fingerprint density at radius 1 is 1.12 bits per heavy atom. The van der Waals surface area contributed by atoms with Crippen molar-refractivity contribution in [3.63, 3.8) is 0 Å². The van der Waals surface area contributed by atoms with Crippen LogP contribution in [0.3, 0.4) is 0 Å². The molecule has 0 spiro atoms. The monoisotopic (exact) mass is 456 g/mol. The van der Waals surface area contributed by atoms with Crippen molar-refractivity contribution in [2.45, 2.75) is 26.3 Å². The third-order valence-corrected chi connectivity index (χ3v) is 7.29. The molecule has 166 valence electrons. The van der Waals surface area contributed by atoms with Gasteiger partial charge in [0.05, 0.1) is 11.7 Å². The van der Waals surface area contributed by atoms with E-state index < -0.39 is 0 Å². The van der Waals surface area contributed by atoms with Crippen molar-refractivity contribution < 1.29 is 4.79 Å². The topological polar surface area (TPSA) is 79.8 Å². The molecule has 3 aromatic heterocycles. The van der Waals surface area contributed by atoms with Gasteiger partial charge in [-0.05, 0) is 36.6 Å². The molecule has 33 heavy (non-hydrogen) atoms. The Bertz CT molecular complexity index is 1510. The Morgan fingerprint density at radius 2 is 1.88 bits per heavy atom. The summed E-state index contributed by atoms with van der Waals surface area (Å²) < 4.78 is 1.39. The molecule has 0 aliphatic carbocycles. The van der Waals surface area contributed by atoms with Gasteiger partial charge in [-0.1, -0.05) is 48.5 Å². The van der Waals surface area contributed by atoms with E-state index in [1.807, 2.05) is 56.4 Å². The van der Waals surface area contributed by atoms with Crippen LogP contribution < -0.4 is 10.9 Å². The van der Waals surface area contributed by atoms with E-state index in [0.717, 1.165) is 37.3 Å². The predicted octanol–water partition coefficient (Wildman–Crippen LogP) is 4.50. The molecule has 5 rings (SSSR count). The molecule has 1 amide bonds. The minimum Gasteiger partial charge on any atom is -0.361 e. The van der Waals surface area contributed by atoms with Gasteiger partial charge < -0.3 is 10.3 Å². The van der Waals surface area contributed by atoms with Crippen LogP contribution in [-0.2, 0) is 11.3 Å². The van der Waals surface area contributed by atoms with E-state index in [1.165, 1.54) is 22.2 Å². The minimum absolute atomic E-state index is 0.0228. The molecule has 2 aromatic carbocycles. The molecule has 0 bridgehead atoms. The van der Waals surface area contributed by atoms with Crippen LogP contribution in [0.1, 0.15) is 27.5 Å². The van der Waals surface area contributed by atoms with E-state index >= 15 is 0 Å². The first-order valence-corrected chi connectivity index (χ1v) is 11.7. The average molecular weight is 457 g/mol. The number of aromatic nitrogens is 3. The first-order valence-electron chi connectivity index (χ1n) is 10.9. The Morgan fingerprint density at radius 3 is 2.70 bits per heavy atom. The average Bonchev–Trinajstić information content (AvgIpc) is 3.38. The summed E-state index contributed by atoms with van der Waals surface area (Å²) in [6.07, 6.45) is 3.48.